The number of hydrogen-bond acceptors (Lipinski definition) is 7. The standard InChI is InChI=1S/C11H17N3O5/c1-17-5-6-8(15)9(18-2)10(19-6)14-4-3-7(12)13-11(14)16/h3-4,6,8-10,15H,5H2,1-2H3,(H2,12,13,16)/t6-,8?,9?,10-/m1/s1. The summed E-state index contributed by atoms with van der Waals surface area (Å²) in [5.74, 6) is 0.127. The van der Waals surface area contributed by atoms with Gasteiger partial charge in [0.1, 0.15) is 24.1 Å². The van der Waals surface area contributed by atoms with Crippen LogP contribution < -0.4 is 11.4 Å². The first-order valence-electron chi connectivity index (χ1n) is 5.78. The minimum absolute atomic E-state index is 0.127. The summed E-state index contributed by atoms with van der Waals surface area (Å²) in [5, 5.41) is 10.1. The van der Waals surface area contributed by atoms with E-state index in [4.69, 9.17) is 19.9 Å². The third-order valence-corrected chi connectivity index (χ3v) is 3.04. The maximum Gasteiger partial charge on any atom is 0.351 e. The molecule has 0 radical (unpaired) electrons. The quantitative estimate of drug-likeness (QED) is 0.703. The zero-order valence-electron chi connectivity index (χ0n) is 10.7. The average Bonchev–Trinajstić information content (AvgIpc) is 2.67. The number of rotatable bonds is 4. The van der Waals surface area contributed by atoms with E-state index in [0.29, 0.717) is 0 Å². The van der Waals surface area contributed by atoms with Gasteiger partial charge in [-0.05, 0) is 6.07 Å². The summed E-state index contributed by atoms with van der Waals surface area (Å²) in [7, 11) is 2.94. The molecule has 0 amide bonds. The Morgan fingerprint density at radius 3 is 2.89 bits per heavy atom. The lowest BCUT2D eigenvalue weighted by Gasteiger charge is -2.20. The molecule has 1 aliphatic heterocycles. The smallest absolute Gasteiger partial charge is 0.351 e. The van der Waals surface area contributed by atoms with E-state index >= 15 is 0 Å². The number of anilines is 1. The van der Waals surface area contributed by atoms with E-state index in [1.165, 1.54) is 31.0 Å². The number of aliphatic hydroxyl groups excluding tert-OH is 1. The Morgan fingerprint density at radius 1 is 1.58 bits per heavy atom. The Balaban J connectivity index is 2.30. The highest BCUT2D eigenvalue weighted by molar-refractivity contribution is 5.23. The Hall–Kier alpha value is -1.48. The van der Waals surface area contributed by atoms with Gasteiger partial charge in [0.25, 0.3) is 0 Å². The van der Waals surface area contributed by atoms with Crippen LogP contribution in [0.15, 0.2) is 17.1 Å². The van der Waals surface area contributed by atoms with Crippen LogP contribution in [0.3, 0.4) is 0 Å². The summed E-state index contributed by atoms with van der Waals surface area (Å²) in [6, 6.07) is 1.48. The van der Waals surface area contributed by atoms with Crippen molar-refractivity contribution < 1.29 is 19.3 Å². The third-order valence-electron chi connectivity index (χ3n) is 3.04. The second-order valence-corrected chi connectivity index (χ2v) is 4.25. The molecule has 8 nitrogen and oxygen atoms in total. The van der Waals surface area contributed by atoms with Crippen LogP contribution in [-0.2, 0) is 14.2 Å². The van der Waals surface area contributed by atoms with E-state index in [-0.39, 0.29) is 12.4 Å². The molecule has 2 heterocycles. The molecule has 0 bridgehead atoms. The van der Waals surface area contributed by atoms with Gasteiger partial charge in [-0.1, -0.05) is 0 Å². The lowest BCUT2D eigenvalue weighted by molar-refractivity contribution is -0.0668. The maximum atomic E-state index is 11.8. The van der Waals surface area contributed by atoms with Gasteiger partial charge in [0.05, 0.1) is 6.61 Å². The number of hydrogen-bond donors (Lipinski definition) is 2. The predicted molar refractivity (Wildman–Crippen MR) is 65.5 cm³/mol. The normalized spacial score (nSPS) is 30.7. The Labute approximate surface area is 109 Å². The minimum atomic E-state index is -0.889. The maximum absolute atomic E-state index is 11.8. The molecule has 1 aromatic rings. The largest absolute Gasteiger partial charge is 0.387 e. The molecule has 1 saturated heterocycles. The number of ether oxygens (including phenoxy) is 3. The Bertz CT molecular complexity index is 491. The van der Waals surface area contributed by atoms with Gasteiger partial charge in [0, 0.05) is 20.4 Å². The third kappa shape index (κ3) is 2.61. The number of nitrogen functional groups attached to an aromatic ring is 1. The van der Waals surface area contributed by atoms with Crippen molar-refractivity contribution in [2.45, 2.75) is 24.5 Å². The van der Waals surface area contributed by atoms with Crippen molar-refractivity contribution in [3.05, 3.63) is 22.7 Å². The highest BCUT2D eigenvalue weighted by Crippen LogP contribution is 2.30. The second kappa shape index (κ2) is 5.66. The van der Waals surface area contributed by atoms with Gasteiger partial charge in [-0.15, -0.1) is 0 Å². The van der Waals surface area contributed by atoms with Crippen molar-refractivity contribution in [1.82, 2.24) is 9.55 Å². The number of aromatic nitrogens is 2. The summed E-state index contributed by atoms with van der Waals surface area (Å²) in [6.45, 7) is 0.203. The molecule has 2 unspecified atom stereocenters. The number of nitrogens with two attached hydrogens (primary N) is 1. The molecule has 0 aromatic carbocycles. The molecule has 0 aliphatic carbocycles. The predicted octanol–water partition coefficient (Wildman–Crippen LogP) is -1.25. The second-order valence-electron chi connectivity index (χ2n) is 4.25. The summed E-state index contributed by atoms with van der Waals surface area (Å²) in [5.41, 5.74) is 4.87. The number of aliphatic hydroxyl groups is 1. The van der Waals surface area contributed by atoms with Crippen molar-refractivity contribution in [2.75, 3.05) is 26.6 Å². The first kappa shape index (κ1) is 13.9. The zero-order chi connectivity index (χ0) is 14.0. The van der Waals surface area contributed by atoms with Crippen LogP contribution in [0.5, 0.6) is 0 Å². The van der Waals surface area contributed by atoms with Crippen LogP contribution in [-0.4, -0.2) is 53.8 Å². The highest BCUT2D eigenvalue weighted by atomic mass is 16.6. The van der Waals surface area contributed by atoms with Gasteiger partial charge in [-0.25, -0.2) is 4.79 Å². The average molecular weight is 271 g/mol. The first-order valence-corrected chi connectivity index (χ1v) is 5.78. The van der Waals surface area contributed by atoms with Crippen LogP contribution in [0, 0.1) is 0 Å². The summed E-state index contributed by atoms with van der Waals surface area (Å²) in [6.07, 6.45) is -1.43. The SMILES string of the molecule is COC[C@H]1O[C@@H](n2ccc(N)nc2=O)C(OC)C1O. The summed E-state index contributed by atoms with van der Waals surface area (Å²) >= 11 is 0. The summed E-state index contributed by atoms with van der Waals surface area (Å²) in [4.78, 5) is 15.4. The minimum Gasteiger partial charge on any atom is -0.387 e. The van der Waals surface area contributed by atoms with Crippen LogP contribution in [0.4, 0.5) is 5.82 Å². The van der Waals surface area contributed by atoms with Crippen molar-refractivity contribution in [2.24, 2.45) is 0 Å². The zero-order valence-corrected chi connectivity index (χ0v) is 10.7. The van der Waals surface area contributed by atoms with Crippen molar-refractivity contribution in [3.8, 4) is 0 Å². The molecule has 1 aromatic heterocycles. The molecular weight excluding hydrogens is 254 g/mol. The van der Waals surface area contributed by atoms with Gasteiger partial charge < -0.3 is 25.1 Å². The molecule has 1 fully saturated rings. The van der Waals surface area contributed by atoms with Crippen LogP contribution in [0.25, 0.3) is 0 Å². The van der Waals surface area contributed by atoms with E-state index in [2.05, 4.69) is 4.98 Å². The number of methoxy groups -OCH3 is 2. The summed E-state index contributed by atoms with van der Waals surface area (Å²) < 4.78 is 17.0. The van der Waals surface area contributed by atoms with Crippen molar-refractivity contribution in [1.29, 1.82) is 0 Å². The van der Waals surface area contributed by atoms with Crippen molar-refractivity contribution in [3.63, 3.8) is 0 Å². The van der Waals surface area contributed by atoms with Crippen molar-refractivity contribution >= 4 is 5.82 Å². The van der Waals surface area contributed by atoms with Crippen LogP contribution in [0.1, 0.15) is 6.23 Å². The van der Waals surface area contributed by atoms with E-state index in [1.54, 1.807) is 0 Å². The fourth-order valence-corrected chi connectivity index (χ4v) is 2.12. The molecule has 8 heteroatoms. The van der Waals surface area contributed by atoms with Gasteiger partial charge in [0.15, 0.2) is 6.23 Å². The lowest BCUT2D eigenvalue weighted by Crippen LogP contribution is -2.37. The van der Waals surface area contributed by atoms with E-state index < -0.39 is 30.2 Å². The highest BCUT2D eigenvalue weighted by Gasteiger charge is 2.45. The molecular formula is C11H17N3O5. The van der Waals surface area contributed by atoms with Gasteiger partial charge in [-0.3, -0.25) is 4.57 Å². The fraction of sp³-hybridized carbons (Fsp3) is 0.636. The van der Waals surface area contributed by atoms with Gasteiger partial charge in [-0.2, -0.15) is 4.98 Å². The molecule has 1 aliphatic rings. The molecule has 106 valence electrons. The monoisotopic (exact) mass is 271 g/mol. The van der Waals surface area contributed by atoms with E-state index in [9.17, 15) is 9.90 Å². The Kier molecular flexibility index (Phi) is 4.15. The molecule has 4 atom stereocenters. The van der Waals surface area contributed by atoms with Gasteiger partial charge >= 0.3 is 5.69 Å². The fourth-order valence-electron chi connectivity index (χ4n) is 2.12. The molecule has 0 saturated carbocycles. The van der Waals surface area contributed by atoms with E-state index in [1.807, 2.05) is 0 Å². The molecule has 19 heavy (non-hydrogen) atoms. The first-order chi connectivity index (χ1) is 9.08. The number of nitrogens with zero attached hydrogens (tertiary/aromatic N) is 2. The van der Waals surface area contributed by atoms with E-state index in [0.717, 1.165) is 0 Å². The topological polar surface area (TPSA) is 109 Å². The van der Waals surface area contributed by atoms with Crippen LogP contribution in [0.2, 0.25) is 0 Å². The molecule has 2 rings (SSSR count). The molecule has 0 spiro atoms. The van der Waals surface area contributed by atoms with Crippen LogP contribution >= 0.6 is 0 Å². The Morgan fingerprint density at radius 2 is 2.32 bits per heavy atom. The lowest BCUT2D eigenvalue weighted by atomic mass is 10.1. The molecule has 3 N–H and O–H groups in total. The van der Waals surface area contributed by atoms with Gasteiger partial charge in [0.2, 0.25) is 0 Å².